The minimum Gasteiger partial charge on any atom is -0.335 e. The van der Waals surface area contributed by atoms with Crippen LogP contribution in [0.2, 0.25) is 0 Å². The molecular weight excluding hydrogens is 374 g/mol. The van der Waals surface area contributed by atoms with Crippen molar-refractivity contribution in [2.24, 2.45) is 7.05 Å². The Labute approximate surface area is 163 Å². The van der Waals surface area contributed by atoms with Gasteiger partial charge in [-0.25, -0.2) is 8.42 Å². The predicted octanol–water partition coefficient (Wildman–Crippen LogP) is 2.48. The first kappa shape index (κ1) is 17.2. The lowest BCUT2D eigenvalue weighted by Crippen LogP contribution is -2.32. The van der Waals surface area contributed by atoms with Gasteiger partial charge < -0.3 is 4.90 Å². The first-order valence-corrected chi connectivity index (χ1v) is 10.7. The first-order chi connectivity index (χ1) is 13.5. The molecule has 0 radical (unpaired) electrons. The highest BCUT2D eigenvalue weighted by Gasteiger charge is 2.51. The van der Waals surface area contributed by atoms with Crippen molar-refractivity contribution in [1.29, 1.82) is 0 Å². The van der Waals surface area contributed by atoms with Crippen molar-refractivity contribution in [1.82, 2.24) is 14.7 Å². The zero-order valence-electron chi connectivity index (χ0n) is 15.3. The number of carbonyl (C=O) groups is 1. The summed E-state index contributed by atoms with van der Waals surface area (Å²) in [6.45, 7) is 0.617. The van der Waals surface area contributed by atoms with Crippen LogP contribution in [0.15, 0.2) is 65.7 Å². The van der Waals surface area contributed by atoms with Crippen LogP contribution in [0, 0.1) is 0 Å². The molecule has 3 aromatic rings. The van der Waals surface area contributed by atoms with Gasteiger partial charge in [0.1, 0.15) is 5.69 Å². The molecule has 7 heteroatoms. The molecule has 2 aliphatic rings. The second kappa shape index (κ2) is 6.04. The van der Waals surface area contributed by atoms with Gasteiger partial charge in [0.25, 0.3) is 5.91 Å². The summed E-state index contributed by atoms with van der Waals surface area (Å²) in [5, 5.41) is 3.46. The fourth-order valence-electron chi connectivity index (χ4n) is 4.37. The van der Waals surface area contributed by atoms with E-state index in [-0.39, 0.29) is 18.4 Å². The van der Waals surface area contributed by atoms with Crippen LogP contribution in [0.4, 0.5) is 0 Å². The predicted molar refractivity (Wildman–Crippen MR) is 105 cm³/mol. The van der Waals surface area contributed by atoms with E-state index in [2.05, 4.69) is 5.10 Å². The van der Waals surface area contributed by atoms with Crippen LogP contribution in [-0.4, -0.2) is 47.3 Å². The van der Waals surface area contributed by atoms with Gasteiger partial charge in [-0.15, -0.1) is 0 Å². The number of benzene rings is 2. The van der Waals surface area contributed by atoms with Crippen LogP contribution in [0.25, 0.3) is 11.1 Å². The largest absolute Gasteiger partial charge is 0.335 e. The molecule has 28 heavy (non-hydrogen) atoms. The molecule has 1 fully saturated rings. The normalized spacial score (nSPS) is 22.1. The van der Waals surface area contributed by atoms with Gasteiger partial charge in [0, 0.05) is 32.3 Å². The monoisotopic (exact) mass is 393 g/mol. The molecule has 2 atom stereocenters. The number of rotatable bonds is 2. The Kier molecular flexibility index (Phi) is 3.71. The van der Waals surface area contributed by atoms with Gasteiger partial charge >= 0.3 is 0 Å². The first-order valence-electron chi connectivity index (χ1n) is 9.17. The standard InChI is InChI=1S/C21H19N3O3S/c1-23-18(9-10-22-23)21(25)24-12-17-16-11-15(14-5-3-2-4-6-14)7-8-19(16)28(26,27)20(17)13-24/h2-11,17,20H,12-13H2,1H3. The van der Waals surface area contributed by atoms with E-state index in [0.717, 1.165) is 16.7 Å². The Morgan fingerprint density at radius 1 is 1.04 bits per heavy atom. The molecule has 5 rings (SSSR count). The maximum Gasteiger partial charge on any atom is 0.272 e. The minimum atomic E-state index is -3.44. The van der Waals surface area contributed by atoms with E-state index in [0.29, 0.717) is 17.1 Å². The molecule has 2 aliphatic heterocycles. The van der Waals surface area contributed by atoms with Crippen molar-refractivity contribution in [3.05, 3.63) is 72.1 Å². The molecule has 2 unspecified atom stereocenters. The number of nitrogens with zero attached hydrogens (tertiary/aromatic N) is 3. The fourth-order valence-corrected chi connectivity index (χ4v) is 6.53. The van der Waals surface area contributed by atoms with Gasteiger partial charge in [0.15, 0.2) is 9.84 Å². The van der Waals surface area contributed by atoms with E-state index in [9.17, 15) is 13.2 Å². The maximum absolute atomic E-state index is 13.1. The molecule has 1 aromatic heterocycles. The summed E-state index contributed by atoms with van der Waals surface area (Å²) in [4.78, 5) is 14.9. The summed E-state index contributed by atoms with van der Waals surface area (Å²) in [5.41, 5.74) is 3.33. The number of aryl methyl sites for hydroxylation is 1. The summed E-state index contributed by atoms with van der Waals surface area (Å²) in [7, 11) is -1.73. The quantitative estimate of drug-likeness (QED) is 0.671. The van der Waals surface area contributed by atoms with Crippen molar-refractivity contribution in [2.45, 2.75) is 16.1 Å². The Bertz CT molecular complexity index is 1180. The number of amides is 1. The SMILES string of the molecule is Cn1nccc1C(=O)N1CC2c3cc(-c4ccccc4)ccc3S(=O)(=O)C2C1. The highest BCUT2D eigenvalue weighted by atomic mass is 32.2. The van der Waals surface area contributed by atoms with Crippen molar-refractivity contribution >= 4 is 15.7 Å². The molecule has 6 nitrogen and oxygen atoms in total. The molecule has 0 bridgehead atoms. The molecule has 0 N–H and O–H groups in total. The Morgan fingerprint density at radius 3 is 2.54 bits per heavy atom. The lowest BCUT2D eigenvalue weighted by atomic mass is 9.94. The summed E-state index contributed by atoms with van der Waals surface area (Å²) in [5.74, 6) is -0.369. The number of hydrogen-bond donors (Lipinski definition) is 0. The lowest BCUT2D eigenvalue weighted by Gasteiger charge is -2.18. The Balaban J connectivity index is 1.53. The van der Waals surface area contributed by atoms with E-state index in [1.165, 1.54) is 4.68 Å². The number of likely N-dealkylation sites (tertiary alicyclic amines) is 1. The van der Waals surface area contributed by atoms with Crippen molar-refractivity contribution < 1.29 is 13.2 Å². The number of fused-ring (bicyclic) bond motifs is 3. The minimum absolute atomic E-state index is 0.176. The van der Waals surface area contributed by atoms with E-state index in [1.54, 1.807) is 30.3 Å². The zero-order chi connectivity index (χ0) is 19.5. The molecule has 0 spiro atoms. The lowest BCUT2D eigenvalue weighted by molar-refractivity contribution is 0.0780. The van der Waals surface area contributed by atoms with Crippen LogP contribution in [-0.2, 0) is 16.9 Å². The number of hydrogen-bond acceptors (Lipinski definition) is 4. The molecule has 1 saturated heterocycles. The third-order valence-corrected chi connectivity index (χ3v) is 8.07. The van der Waals surface area contributed by atoms with Gasteiger partial charge in [0.2, 0.25) is 0 Å². The van der Waals surface area contributed by atoms with Gasteiger partial charge in [-0.3, -0.25) is 9.48 Å². The van der Waals surface area contributed by atoms with Crippen LogP contribution in [0.5, 0.6) is 0 Å². The summed E-state index contributed by atoms with van der Waals surface area (Å²) in [6.07, 6.45) is 1.57. The molecule has 2 aromatic carbocycles. The van der Waals surface area contributed by atoms with Crippen LogP contribution in [0.3, 0.4) is 0 Å². The molecular formula is C21H19N3O3S. The van der Waals surface area contributed by atoms with Crippen LogP contribution >= 0.6 is 0 Å². The smallest absolute Gasteiger partial charge is 0.272 e. The average molecular weight is 393 g/mol. The molecule has 0 aliphatic carbocycles. The highest BCUT2D eigenvalue weighted by molar-refractivity contribution is 7.92. The third-order valence-electron chi connectivity index (χ3n) is 5.81. The molecule has 3 heterocycles. The maximum atomic E-state index is 13.1. The molecule has 0 saturated carbocycles. The van der Waals surface area contributed by atoms with Crippen molar-refractivity contribution in [3.8, 4) is 11.1 Å². The van der Waals surface area contributed by atoms with E-state index in [1.807, 2.05) is 42.5 Å². The summed E-state index contributed by atoms with van der Waals surface area (Å²) >= 11 is 0. The second-order valence-corrected chi connectivity index (χ2v) is 9.49. The van der Waals surface area contributed by atoms with Crippen LogP contribution < -0.4 is 0 Å². The number of sulfone groups is 1. The van der Waals surface area contributed by atoms with Gasteiger partial charge in [-0.05, 0) is 34.9 Å². The van der Waals surface area contributed by atoms with Gasteiger partial charge in [-0.1, -0.05) is 36.4 Å². The average Bonchev–Trinajstić information content (AvgIpc) is 3.38. The van der Waals surface area contributed by atoms with Crippen LogP contribution in [0.1, 0.15) is 22.0 Å². The van der Waals surface area contributed by atoms with Crippen molar-refractivity contribution in [2.75, 3.05) is 13.1 Å². The Morgan fingerprint density at radius 2 is 1.82 bits per heavy atom. The van der Waals surface area contributed by atoms with Gasteiger partial charge in [-0.2, -0.15) is 5.10 Å². The number of aromatic nitrogens is 2. The Hall–Kier alpha value is -2.93. The fraction of sp³-hybridized carbons (Fsp3) is 0.238. The molecule has 142 valence electrons. The summed E-state index contributed by atoms with van der Waals surface area (Å²) < 4.78 is 27.7. The van der Waals surface area contributed by atoms with E-state index in [4.69, 9.17) is 0 Å². The van der Waals surface area contributed by atoms with Gasteiger partial charge in [0.05, 0.1) is 10.1 Å². The van der Waals surface area contributed by atoms with E-state index >= 15 is 0 Å². The molecule has 1 amide bonds. The second-order valence-electron chi connectivity index (χ2n) is 7.36. The topological polar surface area (TPSA) is 72.3 Å². The summed E-state index contributed by atoms with van der Waals surface area (Å²) in [6, 6.07) is 17.1. The van der Waals surface area contributed by atoms with Crippen molar-refractivity contribution in [3.63, 3.8) is 0 Å². The number of carbonyl (C=O) groups excluding carboxylic acids is 1. The third kappa shape index (κ3) is 2.43. The zero-order valence-corrected chi connectivity index (χ0v) is 16.1. The van der Waals surface area contributed by atoms with E-state index < -0.39 is 15.1 Å². The highest BCUT2D eigenvalue weighted by Crippen LogP contribution is 2.46.